The number of Topliss-reactive ketones (excluding diaryl/α,β-unsaturated/α-hetero) is 1. The maximum Gasteiger partial charge on any atom is 0.355 e. The molecule has 1 heterocycles. The van der Waals surface area contributed by atoms with E-state index in [4.69, 9.17) is 16.3 Å². The van der Waals surface area contributed by atoms with E-state index in [1.165, 1.54) is 19.3 Å². The molecule has 154 valence electrons. The lowest BCUT2D eigenvalue weighted by molar-refractivity contribution is 0.0232. The minimum Gasteiger partial charge on any atom is -0.458 e. The zero-order valence-corrected chi connectivity index (χ0v) is 17.7. The molecule has 1 aromatic carbocycles. The van der Waals surface area contributed by atoms with Gasteiger partial charge in [0, 0.05) is 22.7 Å². The van der Waals surface area contributed by atoms with Crippen LogP contribution in [-0.4, -0.2) is 22.8 Å². The molecule has 0 saturated heterocycles. The Morgan fingerprint density at radius 3 is 2.48 bits per heavy atom. The van der Waals surface area contributed by atoms with Crippen LogP contribution < -0.4 is 0 Å². The molecule has 1 N–H and O–H groups in total. The Morgan fingerprint density at radius 2 is 1.76 bits per heavy atom. The van der Waals surface area contributed by atoms with Crippen molar-refractivity contribution < 1.29 is 14.3 Å². The summed E-state index contributed by atoms with van der Waals surface area (Å²) in [5, 5.41) is 0.681. The van der Waals surface area contributed by atoms with Gasteiger partial charge in [0.25, 0.3) is 0 Å². The molecule has 2 aliphatic carbocycles. The number of carbonyl (C=O) groups is 2. The Bertz CT molecular complexity index is 909. The molecule has 2 aliphatic rings. The van der Waals surface area contributed by atoms with Crippen molar-refractivity contribution in [2.75, 3.05) is 0 Å². The number of halogens is 1. The third-order valence-corrected chi connectivity index (χ3v) is 6.71. The van der Waals surface area contributed by atoms with E-state index in [2.05, 4.69) is 4.98 Å². The number of hydrogen-bond donors (Lipinski definition) is 1. The van der Waals surface area contributed by atoms with Gasteiger partial charge < -0.3 is 9.72 Å². The molecule has 2 aromatic rings. The van der Waals surface area contributed by atoms with Crippen molar-refractivity contribution >= 4 is 23.4 Å². The summed E-state index contributed by atoms with van der Waals surface area (Å²) in [6.45, 7) is 1.85. The Balaban J connectivity index is 1.54. The van der Waals surface area contributed by atoms with Gasteiger partial charge in [-0.25, -0.2) is 4.79 Å². The van der Waals surface area contributed by atoms with Gasteiger partial charge in [-0.2, -0.15) is 0 Å². The van der Waals surface area contributed by atoms with Crippen LogP contribution >= 0.6 is 11.6 Å². The van der Waals surface area contributed by atoms with E-state index < -0.39 is 0 Å². The van der Waals surface area contributed by atoms with Crippen molar-refractivity contribution in [3.05, 3.63) is 57.4 Å². The lowest BCUT2D eigenvalue weighted by Crippen LogP contribution is -2.20. The van der Waals surface area contributed by atoms with Crippen molar-refractivity contribution in [1.82, 2.24) is 4.98 Å². The molecule has 0 unspecified atom stereocenters. The molecule has 0 aliphatic heterocycles. The van der Waals surface area contributed by atoms with Gasteiger partial charge >= 0.3 is 5.97 Å². The van der Waals surface area contributed by atoms with Gasteiger partial charge in [-0.3, -0.25) is 4.79 Å². The molecule has 4 nitrogen and oxygen atoms in total. The number of aromatic amines is 1. The second-order valence-electron chi connectivity index (χ2n) is 8.40. The molecule has 4 rings (SSSR count). The minimum absolute atomic E-state index is 0.0193. The van der Waals surface area contributed by atoms with Crippen molar-refractivity contribution in [1.29, 1.82) is 0 Å². The van der Waals surface area contributed by atoms with Crippen LogP contribution in [0.2, 0.25) is 5.02 Å². The quantitative estimate of drug-likeness (QED) is 0.613. The fourth-order valence-corrected chi connectivity index (χ4v) is 5.10. The third kappa shape index (κ3) is 4.28. The first-order valence-electron chi connectivity index (χ1n) is 10.7. The number of nitrogens with one attached hydrogen (secondary N) is 1. The van der Waals surface area contributed by atoms with Gasteiger partial charge in [-0.05, 0) is 62.1 Å². The molecule has 5 heteroatoms. The largest absolute Gasteiger partial charge is 0.458 e. The Hall–Kier alpha value is -2.07. The molecule has 1 fully saturated rings. The second-order valence-corrected chi connectivity index (χ2v) is 8.81. The molecule has 0 bridgehead atoms. The van der Waals surface area contributed by atoms with Gasteiger partial charge in [-0.1, -0.05) is 49.1 Å². The van der Waals surface area contributed by atoms with E-state index in [9.17, 15) is 9.59 Å². The van der Waals surface area contributed by atoms with E-state index in [0.29, 0.717) is 29.1 Å². The van der Waals surface area contributed by atoms with E-state index in [-0.39, 0.29) is 23.8 Å². The predicted molar refractivity (Wildman–Crippen MR) is 114 cm³/mol. The standard InChI is InChI=1S/C24H28ClNO3/c1-15-22-20(13-16(14-21(22)27)18-11-7-8-12-19(18)25)26-23(15)24(28)29-17-9-5-3-2-4-6-10-17/h7-8,11-12,16-17,26H,2-6,9-10,13-14H2,1H3/t16-/m0/s1. The number of esters is 1. The number of carbonyl (C=O) groups excluding carboxylic acids is 2. The maximum atomic E-state index is 12.9. The number of H-pyrrole nitrogens is 1. The average molecular weight is 414 g/mol. The highest BCUT2D eigenvalue weighted by Crippen LogP contribution is 2.37. The number of hydrogen-bond acceptors (Lipinski definition) is 3. The van der Waals surface area contributed by atoms with Crippen LogP contribution in [0.15, 0.2) is 24.3 Å². The van der Waals surface area contributed by atoms with Crippen LogP contribution in [0.4, 0.5) is 0 Å². The lowest BCUT2D eigenvalue weighted by Gasteiger charge is -2.22. The molecule has 29 heavy (non-hydrogen) atoms. The highest BCUT2D eigenvalue weighted by Gasteiger charge is 2.33. The SMILES string of the molecule is Cc1c(C(=O)OC2CCCCCCC2)[nH]c2c1C(=O)C[C@@H](c1ccccc1Cl)C2. The summed E-state index contributed by atoms with van der Waals surface area (Å²) >= 11 is 6.36. The van der Waals surface area contributed by atoms with Crippen LogP contribution in [0.5, 0.6) is 0 Å². The number of benzene rings is 1. The summed E-state index contributed by atoms with van der Waals surface area (Å²) in [5.41, 5.74) is 3.63. The van der Waals surface area contributed by atoms with Gasteiger partial charge in [0.1, 0.15) is 11.8 Å². The molecule has 0 spiro atoms. The topological polar surface area (TPSA) is 59.2 Å². The fraction of sp³-hybridized carbons (Fsp3) is 0.500. The molecule has 0 amide bonds. The second kappa shape index (κ2) is 8.74. The molecule has 1 atom stereocenters. The normalized spacial score (nSPS) is 20.6. The Morgan fingerprint density at radius 1 is 1.07 bits per heavy atom. The van der Waals surface area contributed by atoms with Gasteiger partial charge in [-0.15, -0.1) is 0 Å². The fourth-order valence-electron chi connectivity index (χ4n) is 4.81. The van der Waals surface area contributed by atoms with Crippen molar-refractivity contribution in [2.24, 2.45) is 0 Å². The van der Waals surface area contributed by atoms with E-state index in [1.54, 1.807) is 0 Å². The van der Waals surface area contributed by atoms with Gasteiger partial charge in [0.05, 0.1) is 0 Å². The smallest absolute Gasteiger partial charge is 0.355 e. The zero-order valence-electron chi connectivity index (χ0n) is 16.9. The number of ketones is 1. The Kier molecular flexibility index (Phi) is 6.09. The maximum absolute atomic E-state index is 12.9. The van der Waals surface area contributed by atoms with Crippen molar-refractivity contribution in [2.45, 2.75) is 76.7 Å². The lowest BCUT2D eigenvalue weighted by atomic mass is 9.81. The first-order valence-corrected chi connectivity index (χ1v) is 11.1. The first-order chi connectivity index (χ1) is 14.0. The predicted octanol–water partition coefficient (Wildman–Crippen LogP) is 6.16. The van der Waals surface area contributed by atoms with Crippen LogP contribution in [0.25, 0.3) is 0 Å². The molecular weight excluding hydrogens is 386 g/mol. The number of aromatic nitrogens is 1. The minimum atomic E-state index is -0.329. The highest BCUT2D eigenvalue weighted by molar-refractivity contribution is 6.31. The van der Waals surface area contributed by atoms with Crippen LogP contribution in [0, 0.1) is 6.92 Å². The molecule has 1 aromatic heterocycles. The molecular formula is C24H28ClNO3. The van der Waals surface area contributed by atoms with Gasteiger partial charge in [0.2, 0.25) is 0 Å². The molecule has 0 radical (unpaired) electrons. The highest BCUT2D eigenvalue weighted by atomic mass is 35.5. The zero-order chi connectivity index (χ0) is 20.4. The van der Waals surface area contributed by atoms with Crippen molar-refractivity contribution in [3.63, 3.8) is 0 Å². The van der Waals surface area contributed by atoms with E-state index >= 15 is 0 Å². The number of fused-ring (bicyclic) bond motifs is 1. The van der Waals surface area contributed by atoms with Crippen LogP contribution in [0.3, 0.4) is 0 Å². The van der Waals surface area contributed by atoms with E-state index in [1.807, 2.05) is 31.2 Å². The third-order valence-electron chi connectivity index (χ3n) is 6.36. The monoisotopic (exact) mass is 413 g/mol. The van der Waals surface area contributed by atoms with E-state index in [0.717, 1.165) is 42.5 Å². The summed E-state index contributed by atoms with van der Waals surface area (Å²) in [5.74, 6) is -0.240. The summed E-state index contributed by atoms with van der Waals surface area (Å²) in [4.78, 5) is 29.0. The number of ether oxygens (including phenoxy) is 1. The Labute approximate surface area is 177 Å². The summed E-state index contributed by atoms with van der Waals surface area (Å²) in [6, 6.07) is 7.67. The summed E-state index contributed by atoms with van der Waals surface area (Å²) in [6.07, 6.45) is 8.83. The molecule has 1 saturated carbocycles. The average Bonchev–Trinajstić information content (AvgIpc) is 3.01. The van der Waals surface area contributed by atoms with Crippen LogP contribution in [-0.2, 0) is 11.2 Å². The van der Waals surface area contributed by atoms with Gasteiger partial charge in [0.15, 0.2) is 5.78 Å². The summed E-state index contributed by atoms with van der Waals surface area (Å²) < 4.78 is 5.83. The van der Waals surface area contributed by atoms with Crippen LogP contribution in [0.1, 0.15) is 95.0 Å². The first kappa shape index (κ1) is 20.2. The number of rotatable bonds is 3. The summed E-state index contributed by atoms with van der Waals surface area (Å²) in [7, 11) is 0. The van der Waals surface area contributed by atoms with Crippen molar-refractivity contribution in [3.8, 4) is 0 Å².